The Morgan fingerprint density at radius 3 is 2.88 bits per heavy atom. The van der Waals surface area contributed by atoms with E-state index in [1.165, 1.54) is 0 Å². The summed E-state index contributed by atoms with van der Waals surface area (Å²) in [5, 5.41) is 11.7. The van der Waals surface area contributed by atoms with E-state index < -0.39 is 0 Å². The molecule has 0 aliphatic carbocycles. The summed E-state index contributed by atoms with van der Waals surface area (Å²) in [5.74, 6) is 0.242. The van der Waals surface area contributed by atoms with E-state index >= 15 is 0 Å². The van der Waals surface area contributed by atoms with Gasteiger partial charge in [-0.1, -0.05) is 6.92 Å². The largest absolute Gasteiger partial charge is 0.396 e. The standard InChI is InChI=1S/C12H19BrN2O2/c1-9(8-16)4-3-5-14-12(17)11-6-10(13)7-15(11)2/h6-7,9,16H,3-5,8H2,1-2H3,(H,14,17). The molecule has 96 valence electrons. The molecule has 1 unspecified atom stereocenters. The molecule has 1 rings (SSSR count). The first-order valence-electron chi connectivity index (χ1n) is 5.75. The number of aryl methyl sites for hydroxylation is 1. The molecule has 0 spiro atoms. The second kappa shape index (κ2) is 6.81. The number of nitrogens with one attached hydrogen (secondary N) is 1. The van der Waals surface area contributed by atoms with Crippen LogP contribution in [0.25, 0.3) is 0 Å². The van der Waals surface area contributed by atoms with Crippen LogP contribution in [-0.2, 0) is 7.05 Å². The van der Waals surface area contributed by atoms with Crippen LogP contribution >= 0.6 is 15.9 Å². The summed E-state index contributed by atoms with van der Waals surface area (Å²) in [6.45, 7) is 2.85. The molecule has 0 radical (unpaired) electrons. The van der Waals surface area contributed by atoms with Gasteiger partial charge < -0.3 is 15.0 Å². The van der Waals surface area contributed by atoms with Gasteiger partial charge in [0.05, 0.1) is 0 Å². The van der Waals surface area contributed by atoms with Gasteiger partial charge in [0.1, 0.15) is 5.69 Å². The SMILES string of the molecule is CC(CO)CCCNC(=O)c1cc(Br)cn1C. The first-order chi connectivity index (χ1) is 8.04. The maximum Gasteiger partial charge on any atom is 0.267 e. The second-order valence-electron chi connectivity index (χ2n) is 4.34. The van der Waals surface area contributed by atoms with Crippen molar-refractivity contribution in [2.75, 3.05) is 13.2 Å². The topological polar surface area (TPSA) is 54.3 Å². The number of nitrogens with zero attached hydrogens (tertiary/aromatic N) is 1. The first-order valence-corrected chi connectivity index (χ1v) is 6.54. The lowest BCUT2D eigenvalue weighted by Crippen LogP contribution is -2.26. The Kier molecular flexibility index (Phi) is 5.71. The lowest BCUT2D eigenvalue weighted by Gasteiger charge is -2.08. The highest BCUT2D eigenvalue weighted by atomic mass is 79.9. The molecule has 17 heavy (non-hydrogen) atoms. The molecule has 0 aliphatic rings. The predicted octanol–water partition coefficient (Wildman–Crippen LogP) is 1.93. The molecule has 4 nitrogen and oxygen atoms in total. The Labute approximate surface area is 110 Å². The Hall–Kier alpha value is -0.810. The Balaban J connectivity index is 2.33. The summed E-state index contributed by atoms with van der Waals surface area (Å²) in [6.07, 6.45) is 3.66. The quantitative estimate of drug-likeness (QED) is 0.789. The molecule has 0 aromatic carbocycles. The first kappa shape index (κ1) is 14.3. The molecule has 1 aromatic heterocycles. The van der Waals surface area contributed by atoms with Crippen LogP contribution in [-0.4, -0.2) is 28.7 Å². The highest BCUT2D eigenvalue weighted by Crippen LogP contribution is 2.13. The van der Waals surface area contributed by atoms with Crippen LogP contribution in [0.4, 0.5) is 0 Å². The lowest BCUT2D eigenvalue weighted by atomic mass is 10.1. The lowest BCUT2D eigenvalue weighted by molar-refractivity contribution is 0.0944. The van der Waals surface area contributed by atoms with Crippen LogP contribution < -0.4 is 5.32 Å². The maximum absolute atomic E-state index is 11.8. The summed E-state index contributed by atoms with van der Waals surface area (Å²) in [7, 11) is 1.84. The molecule has 0 saturated heterocycles. The van der Waals surface area contributed by atoms with Crippen LogP contribution in [0.15, 0.2) is 16.7 Å². The van der Waals surface area contributed by atoms with E-state index in [1.54, 1.807) is 10.6 Å². The van der Waals surface area contributed by atoms with Gasteiger partial charge >= 0.3 is 0 Å². The second-order valence-corrected chi connectivity index (χ2v) is 5.26. The van der Waals surface area contributed by atoms with Gasteiger partial charge in [0.25, 0.3) is 5.91 Å². The van der Waals surface area contributed by atoms with Crippen molar-refractivity contribution in [3.05, 3.63) is 22.4 Å². The smallest absolute Gasteiger partial charge is 0.267 e. The van der Waals surface area contributed by atoms with Crippen LogP contribution in [0, 0.1) is 5.92 Å². The highest BCUT2D eigenvalue weighted by molar-refractivity contribution is 9.10. The summed E-state index contributed by atoms with van der Waals surface area (Å²) in [6, 6.07) is 1.80. The van der Waals surface area contributed by atoms with Crippen LogP contribution in [0.5, 0.6) is 0 Å². The van der Waals surface area contributed by atoms with Crippen LogP contribution in [0.1, 0.15) is 30.3 Å². The molecular weight excluding hydrogens is 284 g/mol. The molecule has 1 amide bonds. The van der Waals surface area contributed by atoms with Crippen molar-refractivity contribution in [1.29, 1.82) is 0 Å². The number of amides is 1. The van der Waals surface area contributed by atoms with E-state index in [-0.39, 0.29) is 12.5 Å². The normalized spacial score (nSPS) is 12.5. The summed E-state index contributed by atoms with van der Waals surface area (Å²) in [5.41, 5.74) is 0.645. The van der Waals surface area contributed by atoms with Crippen LogP contribution in [0.3, 0.4) is 0 Å². The number of aliphatic hydroxyl groups is 1. The minimum Gasteiger partial charge on any atom is -0.396 e. The van der Waals surface area contributed by atoms with Gasteiger partial charge in [-0.2, -0.15) is 0 Å². The van der Waals surface area contributed by atoms with Gasteiger partial charge in [0, 0.05) is 30.9 Å². The van der Waals surface area contributed by atoms with Crippen molar-refractivity contribution in [2.24, 2.45) is 13.0 Å². The van der Waals surface area contributed by atoms with E-state index in [0.29, 0.717) is 18.2 Å². The van der Waals surface area contributed by atoms with Gasteiger partial charge in [-0.15, -0.1) is 0 Å². The van der Waals surface area contributed by atoms with E-state index in [2.05, 4.69) is 21.2 Å². The molecule has 1 heterocycles. The number of halogens is 1. The molecule has 2 N–H and O–H groups in total. The fraction of sp³-hybridized carbons (Fsp3) is 0.583. The molecule has 0 bridgehead atoms. The summed E-state index contributed by atoms with van der Waals surface area (Å²) in [4.78, 5) is 11.8. The summed E-state index contributed by atoms with van der Waals surface area (Å²) < 4.78 is 2.69. The average molecular weight is 303 g/mol. The zero-order valence-corrected chi connectivity index (χ0v) is 11.8. The number of hydrogen-bond acceptors (Lipinski definition) is 2. The molecule has 1 aromatic rings. The fourth-order valence-corrected chi connectivity index (χ4v) is 2.11. The van der Waals surface area contributed by atoms with Crippen molar-refractivity contribution in [3.8, 4) is 0 Å². The molecule has 0 aliphatic heterocycles. The monoisotopic (exact) mass is 302 g/mol. The third-order valence-electron chi connectivity index (χ3n) is 2.68. The molecule has 5 heteroatoms. The van der Waals surface area contributed by atoms with Crippen molar-refractivity contribution in [3.63, 3.8) is 0 Å². The highest BCUT2D eigenvalue weighted by Gasteiger charge is 2.10. The number of carbonyl (C=O) groups is 1. The predicted molar refractivity (Wildman–Crippen MR) is 70.9 cm³/mol. The van der Waals surface area contributed by atoms with Gasteiger partial charge in [-0.3, -0.25) is 4.79 Å². The van der Waals surface area contributed by atoms with E-state index in [9.17, 15) is 4.79 Å². The van der Waals surface area contributed by atoms with Gasteiger partial charge in [-0.25, -0.2) is 0 Å². The van der Waals surface area contributed by atoms with E-state index in [1.807, 2.05) is 20.2 Å². The molecule has 1 atom stereocenters. The Bertz CT molecular complexity index is 377. The van der Waals surface area contributed by atoms with Crippen LogP contribution in [0.2, 0.25) is 0 Å². The van der Waals surface area contributed by atoms with Crippen molar-refractivity contribution >= 4 is 21.8 Å². The average Bonchev–Trinajstić information content (AvgIpc) is 2.63. The van der Waals surface area contributed by atoms with Crippen molar-refractivity contribution < 1.29 is 9.90 Å². The number of hydrogen-bond donors (Lipinski definition) is 2. The van der Waals surface area contributed by atoms with Crippen molar-refractivity contribution in [2.45, 2.75) is 19.8 Å². The third-order valence-corrected chi connectivity index (χ3v) is 3.11. The van der Waals surface area contributed by atoms with E-state index in [0.717, 1.165) is 17.3 Å². The Morgan fingerprint density at radius 2 is 2.35 bits per heavy atom. The van der Waals surface area contributed by atoms with Crippen molar-refractivity contribution in [1.82, 2.24) is 9.88 Å². The number of carbonyl (C=O) groups excluding carboxylic acids is 1. The minimum atomic E-state index is -0.0603. The number of aliphatic hydroxyl groups excluding tert-OH is 1. The van der Waals surface area contributed by atoms with Gasteiger partial charge in [0.2, 0.25) is 0 Å². The van der Waals surface area contributed by atoms with Gasteiger partial charge in [0.15, 0.2) is 0 Å². The third kappa shape index (κ3) is 4.52. The molecular formula is C12H19BrN2O2. The zero-order valence-electron chi connectivity index (χ0n) is 10.2. The minimum absolute atomic E-state index is 0.0603. The molecule has 0 saturated carbocycles. The number of aromatic nitrogens is 1. The zero-order chi connectivity index (χ0) is 12.8. The van der Waals surface area contributed by atoms with E-state index in [4.69, 9.17) is 5.11 Å². The number of rotatable bonds is 6. The Morgan fingerprint density at radius 1 is 1.65 bits per heavy atom. The fourth-order valence-electron chi connectivity index (χ4n) is 1.58. The molecule has 0 fully saturated rings. The summed E-state index contributed by atoms with van der Waals surface area (Å²) >= 11 is 3.33. The maximum atomic E-state index is 11.8. The van der Waals surface area contributed by atoms with Gasteiger partial charge in [-0.05, 0) is 40.8 Å².